The number of ether oxygens (including phenoxy) is 3. The third kappa shape index (κ3) is 5.06. The zero-order valence-electron chi connectivity index (χ0n) is 20.9. The molecular weight excluding hydrogens is 454 g/mol. The molecule has 4 aromatic rings. The van der Waals surface area contributed by atoms with Crippen LogP contribution in [0.1, 0.15) is 39.2 Å². The highest BCUT2D eigenvalue weighted by Gasteiger charge is 2.21. The van der Waals surface area contributed by atoms with Crippen LogP contribution in [0.3, 0.4) is 0 Å². The van der Waals surface area contributed by atoms with E-state index in [1.165, 1.54) is 0 Å². The summed E-state index contributed by atoms with van der Waals surface area (Å²) >= 11 is 0. The van der Waals surface area contributed by atoms with Crippen molar-refractivity contribution in [1.82, 2.24) is 14.9 Å². The van der Waals surface area contributed by atoms with E-state index in [9.17, 15) is 4.79 Å². The number of fused-ring (bicyclic) bond motifs is 1. The molecule has 2 aromatic heterocycles. The number of benzene rings is 2. The maximum Gasteiger partial charge on any atom is 0.254 e. The topological polar surface area (TPSA) is 76.7 Å². The molecule has 2 aromatic carbocycles. The first-order chi connectivity index (χ1) is 17.5. The van der Waals surface area contributed by atoms with Gasteiger partial charge < -0.3 is 24.1 Å². The second kappa shape index (κ2) is 10.4. The van der Waals surface area contributed by atoms with Gasteiger partial charge in [-0.3, -0.25) is 9.78 Å². The van der Waals surface area contributed by atoms with Crippen LogP contribution < -0.4 is 9.47 Å². The molecule has 1 aliphatic heterocycles. The molecule has 1 fully saturated rings. The van der Waals surface area contributed by atoms with Gasteiger partial charge in [-0.2, -0.15) is 0 Å². The predicted octanol–water partition coefficient (Wildman–Crippen LogP) is 5.20. The Balaban J connectivity index is 1.43. The first kappa shape index (κ1) is 23.9. The molecule has 7 nitrogen and oxygen atoms in total. The maximum atomic E-state index is 13.8. The minimum absolute atomic E-state index is 0.0313. The van der Waals surface area contributed by atoms with Crippen LogP contribution in [-0.2, 0) is 17.8 Å². The molecule has 0 bridgehead atoms. The SMILES string of the molecule is COc1cc(CN(Cc2cccnc2)C(=O)c2ccc3[nH]c(C)c(C)c3c2)ccc1OC1CCOC1. The fourth-order valence-corrected chi connectivity index (χ4v) is 4.60. The van der Waals surface area contributed by atoms with Crippen molar-refractivity contribution in [2.24, 2.45) is 0 Å². The summed E-state index contributed by atoms with van der Waals surface area (Å²) in [6, 6.07) is 15.6. The first-order valence-corrected chi connectivity index (χ1v) is 12.2. The summed E-state index contributed by atoms with van der Waals surface area (Å²) in [6.45, 7) is 6.28. The second-order valence-electron chi connectivity index (χ2n) is 9.25. The molecular formula is C29H31N3O4. The number of aromatic amines is 1. The van der Waals surface area contributed by atoms with Crippen LogP contribution >= 0.6 is 0 Å². The Morgan fingerprint density at radius 3 is 2.72 bits per heavy atom. The van der Waals surface area contributed by atoms with Gasteiger partial charge in [0.1, 0.15) is 6.10 Å². The largest absolute Gasteiger partial charge is 0.493 e. The molecule has 1 unspecified atom stereocenters. The molecule has 1 N–H and O–H groups in total. The van der Waals surface area contributed by atoms with Crippen LogP contribution in [0.15, 0.2) is 60.9 Å². The summed E-state index contributed by atoms with van der Waals surface area (Å²) in [6.07, 6.45) is 4.43. The average Bonchev–Trinajstić information content (AvgIpc) is 3.52. The number of hydrogen-bond donors (Lipinski definition) is 1. The van der Waals surface area contributed by atoms with E-state index in [-0.39, 0.29) is 12.0 Å². The van der Waals surface area contributed by atoms with Crippen molar-refractivity contribution in [1.29, 1.82) is 0 Å². The van der Waals surface area contributed by atoms with Gasteiger partial charge >= 0.3 is 0 Å². The Morgan fingerprint density at radius 2 is 1.97 bits per heavy atom. The van der Waals surface area contributed by atoms with E-state index in [1.54, 1.807) is 19.5 Å². The standard InChI is InChI=1S/C29H31N3O4/c1-19-20(2)31-26-8-7-23(14-25(19)26)29(33)32(17-22-5-4-11-30-15-22)16-21-6-9-27(28(13-21)34-3)36-24-10-12-35-18-24/h4-9,11,13-15,24,31H,10,12,16-18H2,1-3H3. The van der Waals surface area contributed by atoms with Crippen LogP contribution in [0.5, 0.6) is 11.5 Å². The highest BCUT2D eigenvalue weighted by atomic mass is 16.6. The van der Waals surface area contributed by atoms with E-state index in [2.05, 4.69) is 16.9 Å². The van der Waals surface area contributed by atoms with Crippen molar-refractivity contribution in [2.45, 2.75) is 39.5 Å². The lowest BCUT2D eigenvalue weighted by Gasteiger charge is -2.24. The smallest absolute Gasteiger partial charge is 0.254 e. The van der Waals surface area contributed by atoms with E-state index in [4.69, 9.17) is 14.2 Å². The number of nitrogens with one attached hydrogen (secondary N) is 1. The second-order valence-corrected chi connectivity index (χ2v) is 9.25. The molecule has 3 heterocycles. The van der Waals surface area contributed by atoms with Gasteiger partial charge in [-0.25, -0.2) is 0 Å². The maximum absolute atomic E-state index is 13.8. The molecule has 0 saturated carbocycles. The molecule has 1 atom stereocenters. The number of hydrogen-bond acceptors (Lipinski definition) is 5. The Labute approximate surface area is 211 Å². The summed E-state index contributed by atoms with van der Waals surface area (Å²) in [4.78, 5) is 23.2. The summed E-state index contributed by atoms with van der Waals surface area (Å²) in [5.74, 6) is 1.29. The van der Waals surface area contributed by atoms with Crippen LogP contribution in [0, 0.1) is 13.8 Å². The Morgan fingerprint density at radius 1 is 1.11 bits per heavy atom. The number of nitrogens with zero attached hydrogens (tertiary/aromatic N) is 2. The van der Waals surface area contributed by atoms with Crippen molar-refractivity contribution in [2.75, 3.05) is 20.3 Å². The van der Waals surface area contributed by atoms with Gasteiger partial charge in [-0.15, -0.1) is 0 Å². The first-order valence-electron chi connectivity index (χ1n) is 12.2. The minimum atomic E-state index is -0.0404. The van der Waals surface area contributed by atoms with Crippen LogP contribution in [-0.4, -0.2) is 47.2 Å². The molecule has 186 valence electrons. The minimum Gasteiger partial charge on any atom is -0.493 e. The number of rotatable bonds is 8. The number of carbonyl (C=O) groups is 1. The van der Waals surface area contributed by atoms with Crippen LogP contribution in [0.25, 0.3) is 10.9 Å². The highest BCUT2D eigenvalue weighted by Crippen LogP contribution is 2.31. The van der Waals surface area contributed by atoms with E-state index < -0.39 is 0 Å². The number of aryl methyl sites for hydroxylation is 2. The van der Waals surface area contributed by atoms with Gasteiger partial charge in [0.05, 0.1) is 20.3 Å². The van der Waals surface area contributed by atoms with Crippen LogP contribution in [0.4, 0.5) is 0 Å². The highest BCUT2D eigenvalue weighted by molar-refractivity contribution is 5.99. The van der Waals surface area contributed by atoms with E-state index >= 15 is 0 Å². The molecule has 1 saturated heterocycles. The molecule has 1 amide bonds. The van der Waals surface area contributed by atoms with Gasteiger partial charge in [-0.1, -0.05) is 12.1 Å². The number of H-pyrrole nitrogens is 1. The van der Waals surface area contributed by atoms with Crippen molar-refractivity contribution in [3.8, 4) is 11.5 Å². The molecule has 5 rings (SSSR count). The van der Waals surface area contributed by atoms with Gasteiger partial charge in [0.2, 0.25) is 0 Å². The lowest BCUT2D eigenvalue weighted by atomic mass is 10.1. The zero-order chi connectivity index (χ0) is 25.1. The zero-order valence-corrected chi connectivity index (χ0v) is 20.9. The lowest BCUT2D eigenvalue weighted by molar-refractivity contribution is 0.0730. The number of carbonyl (C=O) groups excluding carboxylic acids is 1. The Bertz CT molecular complexity index is 1360. The molecule has 7 heteroatoms. The molecule has 0 spiro atoms. The quantitative estimate of drug-likeness (QED) is 0.371. The number of aromatic nitrogens is 2. The Kier molecular flexibility index (Phi) is 6.91. The van der Waals surface area contributed by atoms with Gasteiger partial charge in [0.25, 0.3) is 5.91 Å². The average molecular weight is 486 g/mol. The third-order valence-electron chi connectivity index (χ3n) is 6.72. The van der Waals surface area contributed by atoms with Crippen molar-refractivity contribution < 1.29 is 19.0 Å². The lowest BCUT2D eigenvalue weighted by Crippen LogP contribution is -2.30. The molecule has 0 radical (unpaired) electrons. The predicted molar refractivity (Wildman–Crippen MR) is 138 cm³/mol. The number of pyridine rings is 1. The monoisotopic (exact) mass is 485 g/mol. The summed E-state index contributed by atoms with van der Waals surface area (Å²) in [5, 5.41) is 1.07. The van der Waals surface area contributed by atoms with Crippen molar-refractivity contribution in [3.63, 3.8) is 0 Å². The van der Waals surface area contributed by atoms with E-state index in [0.717, 1.165) is 39.7 Å². The fourth-order valence-electron chi connectivity index (χ4n) is 4.60. The van der Waals surface area contributed by atoms with Crippen molar-refractivity contribution in [3.05, 3.63) is 88.9 Å². The normalized spacial score (nSPS) is 15.2. The fraction of sp³-hybridized carbons (Fsp3) is 0.310. The van der Waals surface area contributed by atoms with Gasteiger partial charge in [-0.05, 0) is 66.9 Å². The Hall–Kier alpha value is -3.84. The van der Waals surface area contributed by atoms with Crippen LogP contribution in [0.2, 0.25) is 0 Å². The number of methoxy groups -OCH3 is 1. The van der Waals surface area contributed by atoms with E-state index in [1.807, 2.05) is 60.4 Å². The molecule has 0 aliphatic carbocycles. The molecule has 36 heavy (non-hydrogen) atoms. The summed E-state index contributed by atoms with van der Waals surface area (Å²) in [7, 11) is 1.63. The number of amides is 1. The summed E-state index contributed by atoms with van der Waals surface area (Å²) < 4.78 is 17.1. The summed E-state index contributed by atoms with van der Waals surface area (Å²) in [5.41, 5.74) is 5.88. The van der Waals surface area contributed by atoms with E-state index in [0.29, 0.717) is 43.4 Å². The van der Waals surface area contributed by atoms with Gasteiger partial charge in [0.15, 0.2) is 11.5 Å². The molecule has 1 aliphatic rings. The van der Waals surface area contributed by atoms with Gasteiger partial charge in [0, 0.05) is 54.1 Å². The van der Waals surface area contributed by atoms with Crippen molar-refractivity contribution >= 4 is 16.8 Å². The third-order valence-corrected chi connectivity index (χ3v) is 6.72.